The second-order valence-corrected chi connectivity index (χ2v) is 1.97. The molecule has 0 aromatic rings. The Kier molecular flexibility index (Phi) is 14.7. The molecule has 0 aliphatic heterocycles. The fourth-order valence-corrected chi connectivity index (χ4v) is 0.231. The predicted octanol–water partition coefficient (Wildman–Crippen LogP) is -0.417. The summed E-state index contributed by atoms with van der Waals surface area (Å²) in [6, 6.07) is 0. The molecule has 0 unspecified atom stereocenters. The molecule has 0 aliphatic carbocycles. The first-order valence-corrected chi connectivity index (χ1v) is 3.41. The van der Waals surface area contributed by atoms with Crippen LogP contribution >= 0.6 is 0 Å². The molecular weight excluding hydrogens is 148 g/mol. The third-order valence-electron chi connectivity index (χ3n) is 0.471. The highest BCUT2D eigenvalue weighted by atomic mass is 16.5. The molecule has 0 saturated heterocycles. The maximum atomic E-state index is 9.44. The van der Waals surface area contributed by atoms with Gasteiger partial charge in [0.15, 0.2) is 0 Å². The highest BCUT2D eigenvalue weighted by Gasteiger charge is 1.79. The summed E-state index contributed by atoms with van der Waals surface area (Å²) in [5.41, 5.74) is 0. The zero-order chi connectivity index (χ0) is 9.11. The number of rotatable bonds is 4. The van der Waals surface area contributed by atoms with Crippen LogP contribution in [0.3, 0.4) is 0 Å². The van der Waals surface area contributed by atoms with Crippen molar-refractivity contribution in [1.29, 1.82) is 0 Å². The van der Waals surface area contributed by atoms with Crippen LogP contribution in [-0.2, 0) is 9.53 Å². The van der Waals surface area contributed by atoms with E-state index in [0.717, 1.165) is 0 Å². The molecule has 0 atom stereocenters. The third kappa shape index (κ3) is 43.2. The van der Waals surface area contributed by atoms with E-state index in [1.807, 2.05) is 0 Å². The lowest BCUT2D eigenvalue weighted by Crippen LogP contribution is -2.03. The van der Waals surface area contributed by atoms with Crippen LogP contribution < -0.4 is 0 Å². The van der Waals surface area contributed by atoms with Crippen LogP contribution in [0.5, 0.6) is 0 Å². The Bertz CT molecular complexity index is 74.5. The zero-order valence-corrected chi connectivity index (χ0v) is 7.04. The van der Waals surface area contributed by atoms with Gasteiger partial charge in [0.25, 0.3) is 0 Å². The monoisotopic (exact) mass is 164 g/mol. The minimum absolute atomic E-state index is 0.0278. The summed E-state index contributed by atoms with van der Waals surface area (Å²) in [6.07, 6.45) is 0. The number of aliphatic hydroxyl groups excluding tert-OH is 2. The Balaban J connectivity index is 0. The molecule has 68 valence electrons. The van der Waals surface area contributed by atoms with Crippen LogP contribution in [0.4, 0.5) is 0 Å². The number of ketones is 1. The van der Waals surface area contributed by atoms with Gasteiger partial charge in [-0.25, -0.2) is 0 Å². The van der Waals surface area contributed by atoms with Crippen LogP contribution in [0.25, 0.3) is 0 Å². The lowest BCUT2D eigenvalue weighted by molar-refractivity contribution is -0.114. The standard InChI is InChI=1S/C4H10O3.C3H6O/c5-1-3-7-4-2-6;1-3(2)4/h5-6H,1-4H2;1-2H3. The van der Waals surface area contributed by atoms with E-state index in [2.05, 4.69) is 4.74 Å². The summed E-state index contributed by atoms with van der Waals surface area (Å²) < 4.78 is 4.63. The number of ether oxygens (including phenoxy) is 1. The first-order chi connectivity index (χ1) is 5.15. The summed E-state index contributed by atoms with van der Waals surface area (Å²) in [5, 5.41) is 16.2. The SMILES string of the molecule is CC(C)=O.OCCOCCO. The lowest BCUT2D eigenvalue weighted by Gasteiger charge is -1.94. The van der Waals surface area contributed by atoms with Crippen molar-refractivity contribution < 1.29 is 19.7 Å². The van der Waals surface area contributed by atoms with E-state index in [0.29, 0.717) is 13.2 Å². The fraction of sp³-hybridized carbons (Fsp3) is 0.857. The normalized spacial score (nSPS) is 8.36. The van der Waals surface area contributed by atoms with Gasteiger partial charge in [-0.3, -0.25) is 0 Å². The highest BCUT2D eigenvalue weighted by Crippen LogP contribution is 1.68. The van der Waals surface area contributed by atoms with Crippen molar-refractivity contribution >= 4 is 5.78 Å². The van der Waals surface area contributed by atoms with Crippen LogP contribution in [-0.4, -0.2) is 42.4 Å². The van der Waals surface area contributed by atoms with Gasteiger partial charge in [0, 0.05) is 0 Å². The van der Waals surface area contributed by atoms with Crippen molar-refractivity contribution in [3.63, 3.8) is 0 Å². The fourth-order valence-electron chi connectivity index (χ4n) is 0.231. The van der Waals surface area contributed by atoms with Crippen molar-refractivity contribution in [3.8, 4) is 0 Å². The Morgan fingerprint density at radius 1 is 1.18 bits per heavy atom. The lowest BCUT2D eigenvalue weighted by atomic mass is 10.6. The van der Waals surface area contributed by atoms with Gasteiger partial charge in [-0.2, -0.15) is 0 Å². The largest absolute Gasteiger partial charge is 0.394 e. The van der Waals surface area contributed by atoms with Crippen molar-refractivity contribution in [2.45, 2.75) is 13.8 Å². The second kappa shape index (κ2) is 12.2. The number of aliphatic hydroxyl groups is 2. The van der Waals surface area contributed by atoms with E-state index in [9.17, 15) is 4.79 Å². The molecule has 4 nitrogen and oxygen atoms in total. The molecule has 2 N–H and O–H groups in total. The van der Waals surface area contributed by atoms with Crippen molar-refractivity contribution in [2.75, 3.05) is 26.4 Å². The molecule has 0 aromatic carbocycles. The zero-order valence-electron chi connectivity index (χ0n) is 7.04. The van der Waals surface area contributed by atoms with Crippen LogP contribution in [0.15, 0.2) is 0 Å². The predicted molar refractivity (Wildman–Crippen MR) is 41.3 cm³/mol. The first kappa shape index (κ1) is 13.2. The number of Topliss-reactive ketones (excluding diaryl/α,β-unsaturated/α-hetero) is 1. The van der Waals surface area contributed by atoms with E-state index in [4.69, 9.17) is 10.2 Å². The molecule has 0 heterocycles. The quantitative estimate of drug-likeness (QED) is 0.554. The van der Waals surface area contributed by atoms with Gasteiger partial charge in [0.05, 0.1) is 26.4 Å². The molecule has 0 rings (SSSR count). The third-order valence-corrected chi connectivity index (χ3v) is 0.471. The Labute approximate surface area is 66.8 Å². The van der Waals surface area contributed by atoms with Crippen molar-refractivity contribution in [2.24, 2.45) is 0 Å². The average molecular weight is 164 g/mol. The molecule has 4 heteroatoms. The van der Waals surface area contributed by atoms with Gasteiger partial charge in [-0.15, -0.1) is 0 Å². The van der Waals surface area contributed by atoms with Gasteiger partial charge in [0.2, 0.25) is 0 Å². The summed E-state index contributed by atoms with van der Waals surface area (Å²) in [4.78, 5) is 9.44. The molecule has 0 spiro atoms. The van der Waals surface area contributed by atoms with Gasteiger partial charge in [0.1, 0.15) is 5.78 Å². The Morgan fingerprint density at radius 3 is 1.64 bits per heavy atom. The van der Waals surface area contributed by atoms with Crippen molar-refractivity contribution in [1.82, 2.24) is 0 Å². The van der Waals surface area contributed by atoms with E-state index >= 15 is 0 Å². The maximum absolute atomic E-state index is 9.44. The first-order valence-electron chi connectivity index (χ1n) is 3.41. The molecule has 0 saturated carbocycles. The molecule has 0 bridgehead atoms. The maximum Gasteiger partial charge on any atom is 0.126 e. The molecular formula is C7H16O4. The molecule has 0 aliphatic rings. The minimum Gasteiger partial charge on any atom is -0.394 e. The number of hydrogen-bond donors (Lipinski definition) is 2. The summed E-state index contributed by atoms with van der Waals surface area (Å²) in [5.74, 6) is 0.167. The molecule has 0 aromatic heterocycles. The molecule has 11 heavy (non-hydrogen) atoms. The minimum atomic E-state index is 0.0278. The van der Waals surface area contributed by atoms with E-state index < -0.39 is 0 Å². The topological polar surface area (TPSA) is 66.8 Å². The number of hydrogen-bond acceptors (Lipinski definition) is 4. The van der Waals surface area contributed by atoms with E-state index in [1.54, 1.807) is 0 Å². The Hall–Kier alpha value is -0.450. The summed E-state index contributed by atoms with van der Waals surface area (Å²) >= 11 is 0. The molecule has 0 radical (unpaired) electrons. The van der Waals surface area contributed by atoms with E-state index in [-0.39, 0.29) is 19.0 Å². The second-order valence-electron chi connectivity index (χ2n) is 1.97. The Morgan fingerprint density at radius 2 is 1.45 bits per heavy atom. The highest BCUT2D eigenvalue weighted by molar-refractivity contribution is 5.72. The number of carbonyl (C=O) groups excluding carboxylic acids is 1. The summed E-state index contributed by atoms with van der Waals surface area (Å²) in [7, 11) is 0. The van der Waals surface area contributed by atoms with Crippen molar-refractivity contribution in [3.05, 3.63) is 0 Å². The van der Waals surface area contributed by atoms with Crippen LogP contribution in [0, 0.1) is 0 Å². The average Bonchev–Trinajstić information content (AvgIpc) is 1.88. The van der Waals surface area contributed by atoms with Crippen LogP contribution in [0.2, 0.25) is 0 Å². The van der Waals surface area contributed by atoms with Crippen LogP contribution in [0.1, 0.15) is 13.8 Å². The number of carbonyl (C=O) groups is 1. The van der Waals surface area contributed by atoms with Gasteiger partial charge >= 0.3 is 0 Å². The van der Waals surface area contributed by atoms with Gasteiger partial charge in [-0.05, 0) is 13.8 Å². The molecule has 0 amide bonds. The van der Waals surface area contributed by atoms with Gasteiger partial charge in [-0.1, -0.05) is 0 Å². The smallest absolute Gasteiger partial charge is 0.126 e. The summed E-state index contributed by atoms with van der Waals surface area (Å²) in [6.45, 7) is 3.75. The van der Waals surface area contributed by atoms with Gasteiger partial charge < -0.3 is 19.7 Å². The molecule has 0 fully saturated rings. The van der Waals surface area contributed by atoms with E-state index in [1.165, 1.54) is 13.8 Å².